The van der Waals surface area contributed by atoms with Gasteiger partial charge in [0.05, 0.1) is 0 Å². The van der Waals surface area contributed by atoms with E-state index in [0.717, 1.165) is 19.4 Å². The first-order valence-electron chi connectivity index (χ1n) is 7.22. The molecule has 0 spiro atoms. The van der Waals surface area contributed by atoms with Crippen LogP contribution in [0.5, 0.6) is 0 Å². The summed E-state index contributed by atoms with van der Waals surface area (Å²) in [6.45, 7) is 0.854. The second kappa shape index (κ2) is 3.84. The van der Waals surface area contributed by atoms with Crippen molar-refractivity contribution in [3.8, 4) is 0 Å². The van der Waals surface area contributed by atoms with E-state index in [1.54, 1.807) is 0 Å². The molecule has 1 amide bonds. The topological polar surface area (TPSA) is 20.3 Å². The maximum atomic E-state index is 12.5. The van der Waals surface area contributed by atoms with Crippen LogP contribution in [-0.2, 0) is 17.8 Å². The lowest BCUT2D eigenvalue weighted by Gasteiger charge is -2.34. The number of nitrogens with zero attached hydrogens (tertiary/aromatic N) is 1. The number of carbonyl (C=O) groups excluding carboxylic acids is 1. The van der Waals surface area contributed by atoms with Crippen LogP contribution >= 0.6 is 0 Å². The van der Waals surface area contributed by atoms with Crippen molar-refractivity contribution >= 4 is 5.91 Å². The molecule has 3 atom stereocenters. The third-order valence-electron chi connectivity index (χ3n) is 5.20. The Morgan fingerprint density at radius 2 is 1.83 bits per heavy atom. The SMILES string of the molecule is O=C1C2CCCCC2C2Cc3ccccc3CN12. The second-order valence-electron chi connectivity index (χ2n) is 6.06. The van der Waals surface area contributed by atoms with Gasteiger partial charge in [0.15, 0.2) is 0 Å². The summed E-state index contributed by atoms with van der Waals surface area (Å²) in [5.41, 5.74) is 2.83. The van der Waals surface area contributed by atoms with Gasteiger partial charge in [-0.15, -0.1) is 0 Å². The largest absolute Gasteiger partial charge is 0.334 e. The first-order valence-corrected chi connectivity index (χ1v) is 7.22. The van der Waals surface area contributed by atoms with Gasteiger partial charge in [-0.2, -0.15) is 0 Å². The molecular formula is C16H19NO. The Hall–Kier alpha value is -1.31. The average Bonchev–Trinajstić information content (AvgIpc) is 2.71. The third kappa shape index (κ3) is 1.38. The quantitative estimate of drug-likeness (QED) is 0.684. The molecule has 2 heterocycles. The summed E-state index contributed by atoms with van der Waals surface area (Å²) in [6.07, 6.45) is 6.05. The van der Waals surface area contributed by atoms with E-state index in [1.165, 1.54) is 30.4 Å². The highest BCUT2D eigenvalue weighted by molar-refractivity contribution is 5.82. The lowest BCUT2D eigenvalue weighted by atomic mass is 9.76. The van der Waals surface area contributed by atoms with Gasteiger partial charge in [0.25, 0.3) is 0 Å². The lowest BCUT2D eigenvalue weighted by Crippen LogP contribution is -2.40. The number of benzene rings is 1. The van der Waals surface area contributed by atoms with Crippen molar-refractivity contribution in [2.24, 2.45) is 11.8 Å². The van der Waals surface area contributed by atoms with Crippen molar-refractivity contribution in [2.45, 2.75) is 44.7 Å². The Morgan fingerprint density at radius 1 is 1.06 bits per heavy atom. The molecule has 2 heteroatoms. The Morgan fingerprint density at radius 3 is 2.72 bits per heavy atom. The van der Waals surface area contributed by atoms with Gasteiger partial charge in [0.1, 0.15) is 0 Å². The van der Waals surface area contributed by atoms with Gasteiger partial charge >= 0.3 is 0 Å². The zero-order valence-corrected chi connectivity index (χ0v) is 10.6. The van der Waals surface area contributed by atoms with Gasteiger partial charge in [-0.1, -0.05) is 37.1 Å². The summed E-state index contributed by atoms with van der Waals surface area (Å²) in [6, 6.07) is 9.14. The zero-order valence-electron chi connectivity index (χ0n) is 10.6. The predicted molar refractivity (Wildman–Crippen MR) is 69.9 cm³/mol. The molecule has 4 rings (SSSR count). The van der Waals surface area contributed by atoms with Crippen LogP contribution < -0.4 is 0 Å². The molecule has 3 unspecified atom stereocenters. The molecule has 2 aliphatic heterocycles. The van der Waals surface area contributed by atoms with Crippen molar-refractivity contribution in [2.75, 3.05) is 0 Å². The van der Waals surface area contributed by atoms with E-state index in [1.807, 2.05) is 0 Å². The Balaban J connectivity index is 1.71. The summed E-state index contributed by atoms with van der Waals surface area (Å²) >= 11 is 0. The molecule has 94 valence electrons. The number of carbonyl (C=O) groups is 1. The summed E-state index contributed by atoms with van der Waals surface area (Å²) in [4.78, 5) is 14.7. The van der Waals surface area contributed by atoms with Crippen LogP contribution in [0.15, 0.2) is 24.3 Å². The maximum Gasteiger partial charge on any atom is 0.226 e. The first kappa shape index (κ1) is 10.6. The van der Waals surface area contributed by atoms with E-state index >= 15 is 0 Å². The molecule has 1 saturated heterocycles. The van der Waals surface area contributed by atoms with Gasteiger partial charge < -0.3 is 4.90 Å². The van der Waals surface area contributed by atoms with Crippen LogP contribution in [0, 0.1) is 11.8 Å². The molecule has 0 bridgehead atoms. The van der Waals surface area contributed by atoms with E-state index < -0.39 is 0 Å². The van der Waals surface area contributed by atoms with Crippen molar-refractivity contribution in [1.82, 2.24) is 4.90 Å². The Kier molecular flexibility index (Phi) is 2.26. The number of hydrogen-bond acceptors (Lipinski definition) is 1. The highest BCUT2D eigenvalue weighted by Gasteiger charge is 2.49. The van der Waals surface area contributed by atoms with Crippen molar-refractivity contribution in [3.05, 3.63) is 35.4 Å². The normalized spacial score (nSPS) is 33.9. The van der Waals surface area contributed by atoms with Crippen LogP contribution in [0.3, 0.4) is 0 Å². The highest BCUT2D eigenvalue weighted by atomic mass is 16.2. The molecule has 1 aromatic carbocycles. The van der Waals surface area contributed by atoms with Crippen LogP contribution in [-0.4, -0.2) is 16.8 Å². The van der Waals surface area contributed by atoms with Gasteiger partial charge in [0, 0.05) is 18.5 Å². The summed E-state index contributed by atoms with van der Waals surface area (Å²) in [5.74, 6) is 1.43. The number of rotatable bonds is 0. The number of fused-ring (bicyclic) bond motifs is 4. The average molecular weight is 241 g/mol. The molecule has 18 heavy (non-hydrogen) atoms. The summed E-state index contributed by atoms with van der Waals surface area (Å²) < 4.78 is 0. The molecule has 0 radical (unpaired) electrons. The molecule has 2 fully saturated rings. The summed E-state index contributed by atoms with van der Waals surface area (Å²) in [7, 11) is 0. The first-order chi connectivity index (χ1) is 8.84. The molecule has 1 saturated carbocycles. The minimum Gasteiger partial charge on any atom is -0.334 e. The molecule has 0 N–H and O–H groups in total. The molecule has 1 aliphatic carbocycles. The van der Waals surface area contributed by atoms with Crippen LogP contribution in [0.2, 0.25) is 0 Å². The van der Waals surface area contributed by atoms with Crippen molar-refractivity contribution in [1.29, 1.82) is 0 Å². The smallest absolute Gasteiger partial charge is 0.226 e. The standard InChI is InChI=1S/C16H19NO/c18-16-14-8-4-3-7-13(14)15-9-11-5-1-2-6-12(11)10-17(15)16/h1-2,5-6,13-15H,3-4,7-10H2. The van der Waals surface area contributed by atoms with E-state index in [2.05, 4.69) is 29.2 Å². The van der Waals surface area contributed by atoms with E-state index in [0.29, 0.717) is 23.8 Å². The fourth-order valence-corrected chi connectivity index (χ4v) is 4.31. The minimum absolute atomic E-state index is 0.345. The van der Waals surface area contributed by atoms with Gasteiger partial charge in [-0.3, -0.25) is 4.79 Å². The molecule has 1 aromatic rings. The second-order valence-corrected chi connectivity index (χ2v) is 6.06. The summed E-state index contributed by atoms with van der Waals surface area (Å²) in [5, 5.41) is 0. The van der Waals surface area contributed by atoms with Crippen molar-refractivity contribution in [3.63, 3.8) is 0 Å². The van der Waals surface area contributed by atoms with E-state index in [-0.39, 0.29) is 0 Å². The minimum atomic E-state index is 0.345. The maximum absolute atomic E-state index is 12.5. The third-order valence-corrected chi connectivity index (χ3v) is 5.20. The molecule has 2 nitrogen and oxygen atoms in total. The fourth-order valence-electron chi connectivity index (χ4n) is 4.31. The van der Waals surface area contributed by atoms with Gasteiger partial charge in [0.2, 0.25) is 5.91 Å². The molecular weight excluding hydrogens is 222 g/mol. The highest BCUT2D eigenvalue weighted by Crippen LogP contribution is 2.45. The Bertz CT molecular complexity index is 496. The van der Waals surface area contributed by atoms with Crippen molar-refractivity contribution < 1.29 is 4.79 Å². The van der Waals surface area contributed by atoms with Gasteiger partial charge in [-0.05, 0) is 36.3 Å². The monoisotopic (exact) mass is 241 g/mol. The van der Waals surface area contributed by atoms with Crippen LogP contribution in [0.4, 0.5) is 0 Å². The number of amides is 1. The number of hydrogen-bond donors (Lipinski definition) is 0. The molecule has 0 aromatic heterocycles. The predicted octanol–water partition coefficient (Wildman–Crippen LogP) is 2.76. The van der Waals surface area contributed by atoms with Gasteiger partial charge in [-0.25, -0.2) is 0 Å². The Labute approximate surface area is 108 Å². The van der Waals surface area contributed by atoms with E-state index in [4.69, 9.17) is 0 Å². The van der Waals surface area contributed by atoms with Crippen LogP contribution in [0.25, 0.3) is 0 Å². The van der Waals surface area contributed by atoms with E-state index in [9.17, 15) is 4.79 Å². The molecule has 3 aliphatic rings. The fraction of sp³-hybridized carbons (Fsp3) is 0.562. The van der Waals surface area contributed by atoms with Crippen LogP contribution in [0.1, 0.15) is 36.8 Å². The zero-order chi connectivity index (χ0) is 12.1. The lowest BCUT2D eigenvalue weighted by molar-refractivity contribution is -0.133.